The minimum Gasteiger partial charge on any atom is -0.454 e. The van der Waals surface area contributed by atoms with Gasteiger partial charge in [0.2, 0.25) is 12.7 Å². The highest BCUT2D eigenvalue weighted by Gasteiger charge is 2.40. The number of benzene rings is 2. The van der Waals surface area contributed by atoms with Crippen LogP contribution in [0.5, 0.6) is 11.5 Å². The first kappa shape index (κ1) is 18.0. The fourth-order valence-electron chi connectivity index (χ4n) is 5.03. The van der Waals surface area contributed by atoms with Crippen molar-refractivity contribution >= 4 is 23.2 Å². The summed E-state index contributed by atoms with van der Waals surface area (Å²) in [6, 6.07) is 12.4. The van der Waals surface area contributed by atoms with Crippen LogP contribution in [-0.4, -0.2) is 18.6 Å². The van der Waals surface area contributed by atoms with E-state index in [0.717, 1.165) is 5.92 Å². The summed E-state index contributed by atoms with van der Waals surface area (Å²) in [4.78, 5) is 25.5. The average Bonchev–Trinajstić information content (AvgIpc) is 3.44. The Hall–Kier alpha value is -3.02. The summed E-state index contributed by atoms with van der Waals surface area (Å²) in [5, 5.41) is 5.83. The van der Waals surface area contributed by atoms with Crippen molar-refractivity contribution in [1.82, 2.24) is 0 Å². The van der Waals surface area contributed by atoms with Gasteiger partial charge in [0.05, 0.1) is 11.3 Å². The zero-order valence-electron chi connectivity index (χ0n) is 16.1. The molecule has 1 heterocycles. The van der Waals surface area contributed by atoms with Crippen LogP contribution in [-0.2, 0) is 4.79 Å². The van der Waals surface area contributed by atoms with Crippen LogP contribution < -0.4 is 20.1 Å². The summed E-state index contributed by atoms with van der Waals surface area (Å²) in [7, 11) is 0. The average molecular weight is 392 g/mol. The van der Waals surface area contributed by atoms with Crippen molar-refractivity contribution in [2.45, 2.75) is 32.1 Å². The van der Waals surface area contributed by atoms with Crippen molar-refractivity contribution < 1.29 is 19.1 Å². The van der Waals surface area contributed by atoms with Gasteiger partial charge in [-0.1, -0.05) is 18.6 Å². The van der Waals surface area contributed by atoms with Crippen LogP contribution in [0.2, 0.25) is 0 Å². The van der Waals surface area contributed by atoms with Crippen LogP contribution in [0.25, 0.3) is 0 Å². The first-order valence-corrected chi connectivity index (χ1v) is 10.3. The molecule has 2 aromatic rings. The molecule has 5 rings (SSSR count). The van der Waals surface area contributed by atoms with Crippen molar-refractivity contribution in [3.63, 3.8) is 0 Å². The van der Waals surface area contributed by atoms with Crippen LogP contribution in [0.4, 0.5) is 11.4 Å². The fraction of sp³-hybridized carbons (Fsp3) is 0.391. The molecule has 3 atom stereocenters. The lowest BCUT2D eigenvalue weighted by Gasteiger charge is -2.21. The lowest BCUT2D eigenvalue weighted by Crippen LogP contribution is -2.22. The summed E-state index contributed by atoms with van der Waals surface area (Å²) in [5.74, 6) is 2.99. The largest absolute Gasteiger partial charge is 0.454 e. The molecule has 29 heavy (non-hydrogen) atoms. The maximum absolute atomic E-state index is 12.8. The number of carbonyl (C=O) groups is 2. The maximum atomic E-state index is 12.8. The maximum Gasteiger partial charge on any atom is 0.257 e. The molecule has 150 valence electrons. The highest BCUT2D eigenvalue weighted by Crippen LogP contribution is 2.49. The molecule has 2 aromatic carbocycles. The van der Waals surface area contributed by atoms with E-state index in [4.69, 9.17) is 9.47 Å². The Labute approximate surface area is 169 Å². The molecule has 2 aliphatic carbocycles. The highest BCUT2D eigenvalue weighted by molar-refractivity contribution is 6.10. The molecule has 0 saturated heterocycles. The molecular weight excluding hydrogens is 368 g/mol. The summed E-state index contributed by atoms with van der Waals surface area (Å²) >= 11 is 0. The highest BCUT2D eigenvalue weighted by atomic mass is 16.7. The number of hydrogen-bond acceptors (Lipinski definition) is 4. The van der Waals surface area contributed by atoms with Crippen LogP contribution in [0, 0.1) is 17.8 Å². The number of amides is 2. The van der Waals surface area contributed by atoms with E-state index in [2.05, 4.69) is 10.6 Å². The van der Waals surface area contributed by atoms with E-state index in [-0.39, 0.29) is 18.6 Å². The second kappa shape index (κ2) is 7.43. The molecular formula is C23H24N2O4. The molecule has 1 aliphatic heterocycles. The molecule has 2 saturated carbocycles. The Kier molecular flexibility index (Phi) is 4.62. The second-order valence-corrected chi connectivity index (χ2v) is 8.25. The van der Waals surface area contributed by atoms with Gasteiger partial charge in [-0.25, -0.2) is 0 Å². The van der Waals surface area contributed by atoms with Crippen molar-refractivity contribution in [1.29, 1.82) is 0 Å². The third kappa shape index (κ3) is 3.67. The van der Waals surface area contributed by atoms with E-state index < -0.39 is 0 Å². The number of ether oxygens (including phenoxy) is 2. The molecule has 2 bridgehead atoms. The number of nitrogens with one attached hydrogen (secondary N) is 2. The normalized spacial score (nSPS) is 23.8. The third-order valence-corrected chi connectivity index (χ3v) is 6.41. The number of hydrogen-bond donors (Lipinski definition) is 2. The molecule has 2 amide bonds. The van der Waals surface area contributed by atoms with Gasteiger partial charge in [-0.05, 0) is 61.3 Å². The number of para-hydroxylation sites is 1. The Morgan fingerprint density at radius 3 is 2.66 bits per heavy atom. The quantitative estimate of drug-likeness (QED) is 0.789. The number of carbonyl (C=O) groups excluding carboxylic acids is 2. The predicted molar refractivity (Wildman–Crippen MR) is 109 cm³/mol. The monoisotopic (exact) mass is 392 g/mol. The van der Waals surface area contributed by atoms with Crippen molar-refractivity contribution in [2.75, 3.05) is 17.4 Å². The smallest absolute Gasteiger partial charge is 0.257 e. The molecule has 0 aromatic heterocycles. The minimum atomic E-state index is -0.278. The molecule has 2 N–H and O–H groups in total. The van der Waals surface area contributed by atoms with Crippen LogP contribution >= 0.6 is 0 Å². The Morgan fingerprint density at radius 1 is 0.966 bits per heavy atom. The van der Waals surface area contributed by atoms with Gasteiger partial charge >= 0.3 is 0 Å². The van der Waals surface area contributed by atoms with Crippen molar-refractivity contribution in [3.05, 3.63) is 48.0 Å². The van der Waals surface area contributed by atoms with Crippen LogP contribution in [0.1, 0.15) is 42.5 Å². The van der Waals surface area contributed by atoms with Crippen molar-refractivity contribution in [2.24, 2.45) is 17.8 Å². The topological polar surface area (TPSA) is 76.7 Å². The predicted octanol–water partition coefficient (Wildman–Crippen LogP) is 4.43. The fourth-order valence-corrected chi connectivity index (χ4v) is 5.03. The minimum absolute atomic E-state index is 0.00844. The van der Waals surface area contributed by atoms with Gasteiger partial charge in [0, 0.05) is 18.2 Å². The van der Waals surface area contributed by atoms with E-state index in [1.165, 1.54) is 25.7 Å². The Balaban J connectivity index is 1.26. The lowest BCUT2D eigenvalue weighted by molar-refractivity contribution is -0.117. The lowest BCUT2D eigenvalue weighted by atomic mass is 9.86. The van der Waals surface area contributed by atoms with Crippen LogP contribution in [0.15, 0.2) is 42.5 Å². The van der Waals surface area contributed by atoms with Gasteiger partial charge in [0.1, 0.15) is 0 Å². The number of fused-ring (bicyclic) bond motifs is 3. The van der Waals surface area contributed by atoms with E-state index in [9.17, 15) is 9.59 Å². The molecule has 2 fully saturated rings. The van der Waals surface area contributed by atoms with Crippen molar-refractivity contribution in [3.8, 4) is 11.5 Å². The van der Waals surface area contributed by atoms with Gasteiger partial charge in [-0.2, -0.15) is 0 Å². The molecule has 0 spiro atoms. The summed E-state index contributed by atoms with van der Waals surface area (Å²) in [5.41, 5.74) is 1.59. The van der Waals surface area contributed by atoms with Gasteiger partial charge in [0.25, 0.3) is 5.91 Å². The molecule has 3 aliphatic rings. The number of rotatable bonds is 5. The van der Waals surface area contributed by atoms with Gasteiger partial charge in [0.15, 0.2) is 11.5 Å². The molecule has 6 nitrogen and oxygen atoms in total. The Morgan fingerprint density at radius 2 is 1.83 bits per heavy atom. The van der Waals surface area contributed by atoms with Gasteiger partial charge in [-0.3, -0.25) is 9.59 Å². The zero-order chi connectivity index (χ0) is 19.8. The first-order chi connectivity index (χ1) is 14.2. The third-order valence-electron chi connectivity index (χ3n) is 6.41. The summed E-state index contributed by atoms with van der Waals surface area (Å²) in [6.45, 7) is 0.185. The molecule has 6 heteroatoms. The number of anilines is 2. The van der Waals surface area contributed by atoms with Gasteiger partial charge < -0.3 is 20.1 Å². The molecule has 0 unspecified atom stereocenters. The summed E-state index contributed by atoms with van der Waals surface area (Å²) < 4.78 is 10.7. The summed E-state index contributed by atoms with van der Waals surface area (Å²) in [6.07, 6.45) is 5.58. The van der Waals surface area contributed by atoms with E-state index in [0.29, 0.717) is 46.7 Å². The van der Waals surface area contributed by atoms with E-state index >= 15 is 0 Å². The SMILES string of the molecule is O=C(C[C@@H]1C[C@H]2CC[C@H]1C2)Nc1ccccc1C(=O)Nc1ccc2c(c1)OCO2. The second-order valence-electron chi connectivity index (χ2n) is 8.25. The zero-order valence-corrected chi connectivity index (χ0v) is 16.1. The van der Waals surface area contributed by atoms with Gasteiger partial charge in [-0.15, -0.1) is 0 Å². The van der Waals surface area contributed by atoms with E-state index in [1.807, 2.05) is 6.07 Å². The Bertz CT molecular complexity index is 958. The first-order valence-electron chi connectivity index (χ1n) is 10.3. The van der Waals surface area contributed by atoms with E-state index in [1.54, 1.807) is 36.4 Å². The standard InChI is InChI=1S/C23H24N2O4/c26-22(11-16-10-14-5-6-15(16)9-14)25-19-4-2-1-3-18(19)23(27)24-17-7-8-20-21(12-17)29-13-28-20/h1-4,7-8,12,14-16H,5-6,9-11,13H2,(H,24,27)(H,25,26)/t14-,15-,16-/m0/s1. The molecule has 0 radical (unpaired) electrons. The van der Waals surface area contributed by atoms with Crippen LogP contribution in [0.3, 0.4) is 0 Å².